The number of hydrogen-bond donors (Lipinski definition) is 1. The van der Waals surface area contributed by atoms with Crippen LogP contribution in [0.1, 0.15) is 5.56 Å². The molecule has 0 atom stereocenters. The minimum atomic E-state index is -0.467. The van der Waals surface area contributed by atoms with E-state index in [9.17, 15) is 10.1 Å². The molecular weight excluding hydrogens is 298 g/mol. The van der Waals surface area contributed by atoms with Gasteiger partial charge in [0.1, 0.15) is 12.0 Å². The van der Waals surface area contributed by atoms with Gasteiger partial charge in [-0.3, -0.25) is 10.1 Å². The number of hydrogen-bond acceptors (Lipinski definition) is 4. The molecule has 0 aliphatic carbocycles. The Morgan fingerprint density at radius 2 is 1.94 bits per heavy atom. The van der Waals surface area contributed by atoms with Crippen molar-refractivity contribution in [3.63, 3.8) is 0 Å². The lowest BCUT2D eigenvalue weighted by atomic mass is 10.2. The quantitative estimate of drug-likeness (QED) is 0.694. The van der Waals surface area contributed by atoms with Gasteiger partial charge in [-0.25, -0.2) is 4.98 Å². The summed E-state index contributed by atoms with van der Waals surface area (Å²) in [6.07, 6.45) is 1.24. The zero-order valence-corrected chi connectivity index (χ0v) is 10.9. The fourth-order valence-electron chi connectivity index (χ4n) is 1.39. The van der Waals surface area contributed by atoms with Crippen LogP contribution in [-0.2, 0) is 6.54 Å². The van der Waals surface area contributed by atoms with Crippen LogP contribution in [0, 0.1) is 10.1 Å². The van der Waals surface area contributed by atoms with Crippen LogP contribution in [0.3, 0.4) is 0 Å². The van der Waals surface area contributed by atoms with Crippen molar-refractivity contribution in [3.05, 3.63) is 62.7 Å². The normalized spacial score (nSPS) is 10.1. The lowest BCUT2D eigenvalue weighted by Crippen LogP contribution is -2.01. The molecule has 1 aromatic heterocycles. The summed E-state index contributed by atoms with van der Waals surface area (Å²) in [7, 11) is 0. The first-order valence-corrected chi connectivity index (χ1v) is 6.03. The summed E-state index contributed by atoms with van der Waals surface area (Å²) in [5, 5.41) is 13.6. The molecule has 1 heterocycles. The number of aromatic nitrogens is 1. The second-order valence-corrected chi connectivity index (χ2v) is 4.55. The van der Waals surface area contributed by atoms with Crippen molar-refractivity contribution in [2.24, 2.45) is 0 Å². The molecule has 0 unspecified atom stereocenters. The lowest BCUT2D eigenvalue weighted by Gasteiger charge is -2.05. The van der Waals surface area contributed by atoms with Gasteiger partial charge in [-0.05, 0) is 23.8 Å². The predicted octanol–water partition coefficient (Wildman–Crippen LogP) is 3.36. The maximum absolute atomic E-state index is 10.5. The Balaban J connectivity index is 1.97. The zero-order chi connectivity index (χ0) is 13.0. The van der Waals surface area contributed by atoms with E-state index in [-0.39, 0.29) is 5.69 Å². The van der Waals surface area contributed by atoms with Crippen molar-refractivity contribution in [2.75, 3.05) is 5.32 Å². The summed E-state index contributed by atoms with van der Waals surface area (Å²) in [6.45, 7) is 0.623. The van der Waals surface area contributed by atoms with Gasteiger partial charge in [0.05, 0.1) is 4.92 Å². The van der Waals surface area contributed by atoms with E-state index in [1.165, 1.54) is 12.3 Å². The molecule has 0 spiro atoms. The maximum atomic E-state index is 10.5. The highest BCUT2D eigenvalue weighted by Crippen LogP contribution is 2.14. The van der Waals surface area contributed by atoms with Crippen molar-refractivity contribution in [1.82, 2.24) is 4.98 Å². The predicted molar refractivity (Wildman–Crippen MR) is 72.4 cm³/mol. The van der Waals surface area contributed by atoms with E-state index in [1.807, 2.05) is 24.3 Å². The molecule has 0 radical (unpaired) electrons. The number of nitrogens with one attached hydrogen (secondary N) is 1. The summed E-state index contributed by atoms with van der Waals surface area (Å²) in [5.41, 5.74) is 1.10. The number of halogens is 1. The molecule has 0 aliphatic heterocycles. The van der Waals surface area contributed by atoms with Gasteiger partial charge < -0.3 is 5.32 Å². The van der Waals surface area contributed by atoms with E-state index in [1.54, 1.807) is 6.07 Å². The number of benzene rings is 1. The van der Waals surface area contributed by atoms with Gasteiger partial charge in [0, 0.05) is 17.1 Å². The third kappa shape index (κ3) is 3.27. The molecule has 0 bridgehead atoms. The van der Waals surface area contributed by atoms with Crippen LogP contribution in [-0.4, -0.2) is 9.91 Å². The van der Waals surface area contributed by atoms with Crippen molar-refractivity contribution in [1.29, 1.82) is 0 Å². The van der Waals surface area contributed by atoms with Crippen LogP contribution in [0.4, 0.5) is 11.5 Å². The molecule has 0 fully saturated rings. The molecule has 0 amide bonds. The molecule has 0 saturated carbocycles. The van der Waals surface area contributed by atoms with Crippen molar-refractivity contribution < 1.29 is 4.92 Å². The summed E-state index contributed by atoms with van der Waals surface area (Å²) < 4.78 is 1.03. The fraction of sp³-hybridized carbons (Fsp3) is 0.0833. The van der Waals surface area contributed by atoms with E-state index in [2.05, 4.69) is 26.2 Å². The first-order chi connectivity index (χ1) is 8.65. The Morgan fingerprint density at radius 3 is 2.50 bits per heavy atom. The summed E-state index contributed by atoms with van der Waals surface area (Å²) >= 11 is 3.37. The molecule has 18 heavy (non-hydrogen) atoms. The highest BCUT2D eigenvalue weighted by molar-refractivity contribution is 9.10. The van der Waals surface area contributed by atoms with Gasteiger partial charge in [0.2, 0.25) is 0 Å². The second kappa shape index (κ2) is 5.59. The van der Waals surface area contributed by atoms with Crippen LogP contribution < -0.4 is 5.32 Å². The van der Waals surface area contributed by atoms with Gasteiger partial charge in [0.15, 0.2) is 0 Å². The van der Waals surface area contributed by atoms with Crippen molar-refractivity contribution >= 4 is 27.4 Å². The number of nitrogens with zero attached hydrogens (tertiary/aromatic N) is 2. The average Bonchev–Trinajstić information content (AvgIpc) is 2.38. The maximum Gasteiger partial charge on any atom is 0.287 e. The van der Waals surface area contributed by atoms with E-state index < -0.39 is 4.92 Å². The SMILES string of the molecule is O=[N+]([O-])c1ccc(NCc2ccc(Br)cc2)nc1. The number of rotatable bonds is 4. The first kappa shape index (κ1) is 12.5. The van der Waals surface area contributed by atoms with Crippen LogP contribution >= 0.6 is 15.9 Å². The van der Waals surface area contributed by atoms with Gasteiger partial charge in [-0.2, -0.15) is 0 Å². The van der Waals surface area contributed by atoms with Crippen LogP contribution in [0.2, 0.25) is 0 Å². The van der Waals surface area contributed by atoms with Gasteiger partial charge in [-0.1, -0.05) is 28.1 Å². The molecule has 1 aromatic carbocycles. The fourth-order valence-corrected chi connectivity index (χ4v) is 1.66. The monoisotopic (exact) mass is 307 g/mol. The van der Waals surface area contributed by atoms with Crippen LogP contribution in [0.25, 0.3) is 0 Å². The number of nitro groups is 1. The largest absolute Gasteiger partial charge is 0.366 e. The van der Waals surface area contributed by atoms with E-state index >= 15 is 0 Å². The summed E-state index contributed by atoms with van der Waals surface area (Å²) in [6, 6.07) is 10.9. The lowest BCUT2D eigenvalue weighted by molar-refractivity contribution is -0.385. The van der Waals surface area contributed by atoms with Crippen molar-refractivity contribution in [3.8, 4) is 0 Å². The average molecular weight is 308 g/mol. The molecule has 2 rings (SSSR count). The number of anilines is 1. The molecule has 0 aliphatic rings. The molecule has 92 valence electrons. The molecule has 6 heteroatoms. The standard InChI is InChI=1S/C12H10BrN3O2/c13-10-3-1-9(2-4-10)7-14-12-6-5-11(8-15-12)16(17)18/h1-6,8H,7H2,(H,14,15). The Bertz CT molecular complexity index is 540. The molecule has 1 N–H and O–H groups in total. The summed E-state index contributed by atoms with van der Waals surface area (Å²) in [4.78, 5) is 14.0. The van der Waals surface area contributed by atoms with Gasteiger partial charge >= 0.3 is 0 Å². The molecule has 5 nitrogen and oxygen atoms in total. The Labute approximate surface area is 112 Å². The Hall–Kier alpha value is -1.95. The van der Waals surface area contributed by atoms with Gasteiger partial charge in [-0.15, -0.1) is 0 Å². The summed E-state index contributed by atoms with van der Waals surface area (Å²) in [5.74, 6) is 0.614. The highest BCUT2D eigenvalue weighted by Gasteiger charge is 2.04. The Kier molecular flexibility index (Phi) is 3.88. The zero-order valence-electron chi connectivity index (χ0n) is 9.34. The van der Waals surface area contributed by atoms with Crippen LogP contribution in [0.5, 0.6) is 0 Å². The smallest absolute Gasteiger partial charge is 0.287 e. The molecular formula is C12H10BrN3O2. The van der Waals surface area contributed by atoms with Gasteiger partial charge in [0.25, 0.3) is 5.69 Å². The molecule has 0 saturated heterocycles. The Morgan fingerprint density at radius 1 is 1.22 bits per heavy atom. The highest BCUT2D eigenvalue weighted by atomic mass is 79.9. The van der Waals surface area contributed by atoms with Crippen molar-refractivity contribution in [2.45, 2.75) is 6.54 Å². The number of pyridine rings is 1. The van der Waals surface area contributed by atoms with E-state index in [4.69, 9.17) is 0 Å². The topological polar surface area (TPSA) is 68.1 Å². The molecule has 2 aromatic rings. The van der Waals surface area contributed by atoms with E-state index in [0.717, 1.165) is 10.0 Å². The minimum absolute atomic E-state index is 0.0100. The third-order valence-corrected chi connectivity index (χ3v) is 2.87. The van der Waals surface area contributed by atoms with E-state index in [0.29, 0.717) is 12.4 Å². The third-order valence-electron chi connectivity index (χ3n) is 2.35. The first-order valence-electron chi connectivity index (χ1n) is 5.24. The minimum Gasteiger partial charge on any atom is -0.366 e. The van der Waals surface area contributed by atoms with Crippen LogP contribution in [0.15, 0.2) is 47.1 Å². The second-order valence-electron chi connectivity index (χ2n) is 3.64.